The third-order valence-electron chi connectivity index (χ3n) is 4.49. The van der Waals surface area contributed by atoms with Crippen LogP contribution < -0.4 is 5.32 Å². The Kier molecular flexibility index (Phi) is 5.76. The van der Waals surface area contributed by atoms with Crippen molar-refractivity contribution in [3.63, 3.8) is 0 Å². The summed E-state index contributed by atoms with van der Waals surface area (Å²) in [4.78, 5) is 41.5. The molecule has 0 bridgehead atoms. The molecule has 22 heavy (non-hydrogen) atoms. The van der Waals surface area contributed by atoms with Crippen molar-refractivity contribution >= 4 is 17.7 Å². The van der Waals surface area contributed by atoms with E-state index in [0.29, 0.717) is 32.7 Å². The van der Waals surface area contributed by atoms with Gasteiger partial charge in [-0.05, 0) is 12.8 Å². The van der Waals surface area contributed by atoms with E-state index in [4.69, 9.17) is 0 Å². The molecule has 7 nitrogen and oxygen atoms in total. The summed E-state index contributed by atoms with van der Waals surface area (Å²) in [5.41, 5.74) is 0. The first-order chi connectivity index (χ1) is 10.5. The van der Waals surface area contributed by atoms with Crippen molar-refractivity contribution < 1.29 is 14.4 Å². The number of carbonyl (C=O) groups excluding carboxylic acids is 3. The lowest BCUT2D eigenvalue weighted by molar-refractivity contribution is -0.133. The number of likely N-dealkylation sites (tertiary alicyclic amines) is 1. The van der Waals surface area contributed by atoms with Crippen molar-refractivity contribution in [1.29, 1.82) is 0 Å². The van der Waals surface area contributed by atoms with Crippen LogP contribution in [-0.4, -0.2) is 85.3 Å². The summed E-state index contributed by atoms with van der Waals surface area (Å²) in [6.45, 7) is 5.66. The first-order valence-corrected chi connectivity index (χ1v) is 7.98. The van der Waals surface area contributed by atoms with E-state index in [0.717, 1.165) is 25.9 Å². The predicted molar refractivity (Wildman–Crippen MR) is 82.1 cm³/mol. The van der Waals surface area contributed by atoms with Gasteiger partial charge < -0.3 is 15.1 Å². The van der Waals surface area contributed by atoms with Gasteiger partial charge in [0.05, 0.1) is 12.5 Å². The minimum atomic E-state index is -0.289. The minimum absolute atomic E-state index is 0.0263. The average molecular weight is 310 g/mol. The first kappa shape index (κ1) is 16.7. The molecule has 0 saturated carbocycles. The molecule has 2 aliphatic heterocycles. The number of nitrogens with one attached hydrogen (secondary N) is 1. The average Bonchev–Trinajstić information content (AvgIpc) is 2.95. The Morgan fingerprint density at radius 3 is 2.27 bits per heavy atom. The highest BCUT2D eigenvalue weighted by atomic mass is 16.2. The Morgan fingerprint density at radius 2 is 1.68 bits per heavy atom. The van der Waals surface area contributed by atoms with E-state index >= 15 is 0 Å². The smallest absolute Gasteiger partial charge is 0.236 e. The van der Waals surface area contributed by atoms with Gasteiger partial charge in [-0.15, -0.1) is 0 Å². The minimum Gasteiger partial charge on any atom is -0.359 e. The van der Waals surface area contributed by atoms with Crippen LogP contribution in [0.1, 0.15) is 19.8 Å². The molecule has 0 aliphatic carbocycles. The molecule has 0 aromatic rings. The van der Waals surface area contributed by atoms with Crippen LogP contribution in [0.3, 0.4) is 0 Å². The molecule has 2 fully saturated rings. The number of hydrogen-bond acceptors (Lipinski definition) is 4. The Bertz CT molecular complexity index is 435. The van der Waals surface area contributed by atoms with Crippen molar-refractivity contribution in [2.24, 2.45) is 5.92 Å². The maximum atomic E-state index is 12.3. The maximum Gasteiger partial charge on any atom is 0.236 e. The van der Waals surface area contributed by atoms with Crippen LogP contribution in [0, 0.1) is 5.92 Å². The van der Waals surface area contributed by atoms with E-state index in [2.05, 4.69) is 5.32 Å². The summed E-state index contributed by atoms with van der Waals surface area (Å²) in [5.74, 6) is -0.263. The van der Waals surface area contributed by atoms with Gasteiger partial charge in [-0.2, -0.15) is 0 Å². The molecule has 1 N–H and O–H groups in total. The fraction of sp³-hybridized carbons (Fsp3) is 0.800. The molecule has 0 aromatic carbocycles. The fourth-order valence-corrected chi connectivity index (χ4v) is 3.14. The lowest BCUT2D eigenvalue weighted by Gasteiger charge is -2.24. The van der Waals surface area contributed by atoms with Gasteiger partial charge in [0, 0.05) is 53.2 Å². The molecule has 2 rings (SSSR count). The molecule has 0 spiro atoms. The van der Waals surface area contributed by atoms with Crippen LogP contribution in [-0.2, 0) is 14.4 Å². The summed E-state index contributed by atoms with van der Waals surface area (Å²) in [6.07, 6.45) is 2.15. The highest BCUT2D eigenvalue weighted by Gasteiger charge is 2.30. The third-order valence-corrected chi connectivity index (χ3v) is 4.49. The second-order valence-electron chi connectivity index (χ2n) is 6.10. The fourth-order valence-electron chi connectivity index (χ4n) is 3.14. The Balaban J connectivity index is 1.99. The highest BCUT2D eigenvalue weighted by Crippen LogP contribution is 2.13. The molecule has 0 radical (unpaired) electrons. The molecular formula is C15H26N4O3. The highest BCUT2D eigenvalue weighted by molar-refractivity contribution is 5.81. The molecular weight excluding hydrogens is 284 g/mol. The number of amides is 3. The van der Waals surface area contributed by atoms with E-state index in [1.807, 2.05) is 9.80 Å². The SMILES string of the molecule is CNC(=O)[C@@H]1CN(CC(=O)N2CCCC2)CCN(C(C)=O)C1. The van der Waals surface area contributed by atoms with Crippen LogP contribution >= 0.6 is 0 Å². The summed E-state index contributed by atoms with van der Waals surface area (Å²) >= 11 is 0. The van der Waals surface area contributed by atoms with Crippen LogP contribution in [0.25, 0.3) is 0 Å². The summed E-state index contributed by atoms with van der Waals surface area (Å²) in [5, 5.41) is 2.65. The first-order valence-electron chi connectivity index (χ1n) is 7.98. The molecule has 0 unspecified atom stereocenters. The number of hydrogen-bond donors (Lipinski definition) is 1. The van der Waals surface area contributed by atoms with E-state index in [1.54, 1.807) is 11.9 Å². The van der Waals surface area contributed by atoms with Crippen molar-refractivity contribution in [3.8, 4) is 0 Å². The van der Waals surface area contributed by atoms with E-state index in [-0.39, 0.29) is 23.6 Å². The van der Waals surface area contributed by atoms with Gasteiger partial charge in [-0.1, -0.05) is 0 Å². The van der Waals surface area contributed by atoms with Crippen molar-refractivity contribution in [3.05, 3.63) is 0 Å². The summed E-state index contributed by atoms with van der Waals surface area (Å²) < 4.78 is 0. The van der Waals surface area contributed by atoms with E-state index in [9.17, 15) is 14.4 Å². The van der Waals surface area contributed by atoms with Crippen molar-refractivity contribution in [1.82, 2.24) is 20.0 Å². The number of carbonyl (C=O) groups is 3. The number of rotatable bonds is 3. The van der Waals surface area contributed by atoms with E-state index in [1.165, 1.54) is 6.92 Å². The van der Waals surface area contributed by atoms with Gasteiger partial charge in [0.25, 0.3) is 0 Å². The molecule has 7 heteroatoms. The lowest BCUT2D eigenvalue weighted by atomic mass is 10.1. The van der Waals surface area contributed by atoms with Crippen LogP contribution in [0.5, 0.6) is 0 Å². The van der Waals surface area contributed by atoms with Crippen molar-refractivity contribution in [2.45, 2.75) is 19.8 Å². The van der Waals surface area contributed by atoms with Gasteiger partial charge in [-0.3, -0.25) is 19.3 Å². The van der Waals surface area contributed by atoms with Gasteiger partial charge in [-0.25, -0.2) is 0 Å². The Hall–Kier alpha value is -1.63. The monoisotopic (exact) mass is 310 g/mol. The molecule has 124 valence electrons. The zero-order valence-electron chi connectivity index (χ0n) is 13.5. The van der Waals surface area contributed by atoms with Crippen LogP contribution in [0.15, 0.2) is 0 Å². The largest absolute Gasteiger partial charge is 0.359 e. The Labute approximate surface area is 131 Å². The van der Waals surface area contributed by atoms with Gasteiger partial charge in [0.2, 0.25) is 17.7 Å². The van der Waals surface area contributed by atoms with Gasteiger partial charge >= 0.3 is 0 Å². The second-order valence-corrected chi connectivity index (χ2v) is 6.10. The number of nitrogens with zero attached hydrogens (tertiary/aromatic N) is 3. The van der Waals surface area contributed by atoms with Crippen molar-refractivity contribution in [2.75, 3.05) is 52.9 Å². The summed E-state index contributed by atoms with van der Waals surface area (Å²) in [7, 11) is 1.60. The molecule has 2 heterocycles. The molecule has 3 amide bonds. The standard InChI is InChI=1S/C15H26N4O3/c1-12(20)19-8-7-17(9-13(10-19)15(22)16-2)11-14(21)18-5-3-4-6-18/h13H,3-11H2,1-2H3,(H,16,22)/t13-/m1/s1. The van der Waals surface area contributed by atoms with Crippen LogP contribution in [0.4, 0.5) is 0 Å². The third kappa shape index (κ3) is 4.19. The molecule has 2 aliphatic rings. The maximum absolute atomic E-state index is 12.3. The zero-order valence-corrected chi connectivity index (χ0v) is 13.5. The van der Waals surface area contributed by atoms with Gasteiger partial charge in [0.1, 0.15) is 0 Å². The topological polar surface area (TPSA) is 73.0 Å². The predicted octanol–water partition coefficient (Wildman–Crippen LogP) is -0.865. The van der Waals surface area contributed by atoms with Gasteiger partial charge in [0.15, 0.2) is 0 Å². The normalized spacial score (nSPS) is 23.3. The summed E-state index contributed by atoms with van der Waals surface area (Å²) in [6, 6.07) is 0. The lowest BCUT2D eigenvalue weighted by Crippen LogP contribution is -2.43. The van der Waals surface area contributed by atoms with Crippen LogP contribution in [0.2, 0.25) is 0 Å². The molecule has 2 saturated heterocycles. The zero-order chi connectivity index (χ0) is 16.1. The second kappa shape index (κ2) is 7.58. The Morgan fingerprint density at radius 1 is 1.00 bits per heavy atom. The quantitative estimate of drug-likeness (QED) is 0.736. The van der Waals surface area contributed by atoms with E-state index < -0.39 is 0 Å². The molecule has 1 atom stereocenters. The molecule has 0 aromatic heterocycles.